The van der Waals surface area contributed by atoms with Crippen LogP contribution < -0.4 is 14.2 Å². The van der Waals surface area contributed by atoms with Gasteiger partial charge in [0.2, 0.25) is 0 Å². The van der Waals surface area contributed by atoms with Gasteiger partial charge in [0.25, 0.3) is 0 Å². The summed E-state index contributed by atoms with van der Waals surface area (Å²) in [6, 6.07) is 18.0. The van der Waals surface area contributed by atoms with Gasteiger partial charge in [-0.15, -0.1) is 0 Å². The molecule has 1 fully saturated rings. The maximum Gasteiger partial charge on any atom is 0.343 e. The molecule has 0 saturated carbocycles. The number of carbonyl (C=O) groups is 2. The molecule has 0 spiro atoms. The Bertz CT molecular complexity index is 1230. The average Bonchev–Trinajstić information content (AvgIpc) is 2.92. The fourth-order valence-corrected chi connectivity index (χ4v) is 4.12. The minimum Gasteiger partial charge on any atom is -0.494 e. The Labute approximate surface area is 229 Å². The highest BCUT2D eigenvalue weighted by Gasteiger charge is 2.36. The van der Waals surface area contributed by atoms with Gasteiger partial charge in [-0.2, -0.15) is 0 Å². The minimum absolute atomic E-state index is 0.196. The molecule has 39 heavy (non-hydrogen) atoms. The van der Waals surface area contributed by atoms with Crippen molar-refractivity contribution in [1.82, 2.24) is 0 Å². The number of ether oxygens (including phenoxy) is 6. The van der Waals surface area contributed by atoms with E-state index in [1.807, 2.05) is 24.3 Å². The fraction of sp³-hybridized carbons (Fsp3) is 0.419. The first-order chi connectivity index (χ1) is 19.0. The molecular weight excluding hydrogens is 500 g/mol. The Morgan fingerprint density at radius 3 is 2.10 bits per heavy atom. The van der Waals surface area contributed by atoms with Crippen molar-refractivity contribution in [3.8, 4) is 17.2 Å². The molecule has 8 nitrogen and oxygen atoms in total. The van der Waals surface area contributed by atoms with E-state index in [9.17, 15) is 9.59 Å². The van der Waals surface area contributed by atoms with E-state index in [1.165, 1.54) is 6.92 Å². The summed E-state index contributed by atoms with van der Waals surface area (Å²) >= 11 is 0. The van der Waals surface area contributed by atoms with Crippen LogP contribution in [0.15, 0.2) is 60.7 Å². The predicted octanol–water partition coefficient (Wildman–Crippen LogP) is 5.60. The number of fused-ring (bicyclic) bond motifs is 1. The molecule has 0 atom stereocenters. The molecule has 3 aromatic carbocycles. The Hall–Kier alpha value is -3.62. The van der Waals surface area contributed by atoms with Gasteiger partial charge in [-0.3, -0.25) is 4.79 Å². The van der Waals surface area contributed by atoms with Gasteiger partial charge in [0.05, 0.1) is 32.0 Å². The standard InChI is InChI=1S/C31H36O8/c1-3-31(21-35-22-31)20-34-14-4-5-15-37-27-10-6-24(7-11-27)30(33)39-29-13-9-25-18-28(12-8-26(25)19-29)38-17-16-36-23(2)32/h6-13,18-19H,3-5,14-17,20-22H2,1-2H3. The Morgan fingerprint density at radius 2 is 1.44 bits per heavy atom. The molecule has 0 bridgehead atoms. The number of carbonyl (C=O) groups excluding carboxylic acids is 2. The highest BCUT2D eigenvalue weighted by atomic mass is 16.6. The second-order valence-corrected chi connectivity index (χ2v) is 9.73. The van der Waals surface area contributed by atoms with Gasteiger partial charge in [0, 0.05) is 18.9 Å². The second-order valence-electron chi connectivity index (χ2n) is 9.73. The van der Waals surface area contributed by atoms with Gasteiger partial charge >= 0.3 is 11.9 Å². The molecule has 1 aliphatic rings. The lowest BCUT2D eigenvalue weighted by Gasteiger charge is -2.40. The first kappa shape index (κ1) is 28.4. The molecule has 1 heterocycles. The third-order valence-corrected chi connectivity index (χ3v) is 6.67. The normalized spacial score (nSPS) is 13.9. The summed E-state index contributed by atoms with van der Waals surface area (Å²) in [7, 11) is 0. The van der Waals surface area contributed by atoms with Crippen LogP contribution in [0, 0.1) is 5.41 Å². The number of unbranched alkanes of at least 4 members (excludes halogenated alkanes) is 1. The van der Waals surface area contributed by atoms with E-state index in [0.717, 1.165) is 56.5 Å². The van der Waals surface area contributed by atoms with Crippen molar-refractivity contribution in [2.75, 3.05) is 46.2 Å². The van der Waals surface area contributed by atoms with Crippen molar-refractivity contribution in [3.05, 3.63) is 66.2 Å². The lowest BCUT2D eigenvalue weighted by atomic mass is 9.84. The predicted molar refractivity (Wildman–Crippen MR) is 147 cm³/mol. The summed E-state index contributed by atoms with van der Waals surface area (Å²) in [5, 5.41) is 1.84. The Morgan fingerprint density at radius 1 is 0.795 bits per heavy atom. The lowest BCUT2D eigenvalue weighted by Crippen LogP contribution is -2.45. The van der Waals surface area contributed by atoms with E-state index in [0.29, 0.717) is 29.4 Å². The van der Waals surface area contributed by atoms with Crippen molar-refractivity contribution in [2.24, 2.45) is 5.41 Å². The summed E-state index contributed by atoms with van der Waals surface area (Å²) in [4.78, 5) is 23.5. The summed E-state index contributed by atoms with van der Waals surface area (Å²) in [5.74, 6) is 1.05. The van der Waals surface area contributed by atoms with E-state index >= 15 is 0 Å². The first-order valence-electron chi connectivity index (χ1n) is 13.4. The van der Waals surface area contributed by atoms with Crippen LogP contribution in [0.25, 0.3) is 10.8 Å². The van der Waals surface area contributed by atoms with Crippen molar-refractivity contribution in [2.45, 2.75) is 33.1 Å². The van der Waals surface area contributed by atoms with Gasteiger partial charge in [-0.25, -0.2) is 4.79 Å². The molecule has 1 saturated heterocycles. The number of esters is 2. The molecule has 0 unspecified atom stereocenters. The van der Waals surface area contributed by atoms with E-state index < -0.39 is 5.97 Å². The molecule has 8 heteroatoms. The van der Waals surface area contributed by atoms with Crippen molar-refractivity contribution in [1.29, 1.82) is 0 Å². The topological polar surface area (TPSA) is 89.5 Å². The van der Waals surface area contributed by atoms with Gasteiger partial charge in [-0.05, 0) is 78.6 Å². The molecule has 0 N–H and O–H groups in total. The van der Waals surface area contributed by atoms with Crippen LogP contribution in [0.4, 0.5) is 0 Å². The van der Waals surface area contributed by atoms with E-state index in [2.05, 4.69) is 6.92 Å². The zero-order valence-electron chi connectivity index (χ0n) is 22.6. The van der Waals surface area contributed by atoms with Crippen LogP contribution in [0.2, 0.25) is 0 Å². The van der Waals surface area contributed by atoms with Crippen LogP contribution in [0.1, 0.15) is 43.5 Å². The zero-order chi connectivity index (χ0) is 27.5. The number of hydrogen-bond acceptors (Lipinski definition) is 8. The fourth-order valence-electron chi connectivity index (χ4n) is 4.12. The van der Waals surface area contributed by atoms with Crippen molar-refractivity contribution in [3.63, 3.8) is 0 Å². The quantitative estimate of drug-likeness (QED) is 0.141. The van der Waals surface area contributed by atoms with Crippen LogP contribution in [-0.4, -0.2) is 58.2 Å². The number of hydrogen-bond donors (Lipinski definition) is 0. The highest BCUT2D eigenvalue weighted by molar-refractivity contribution is 5.92. The van der Waals surface area contributed by atoms with Crippen molar-refractivity contribution < 1.29 is 38.0 Å². The SMILES string of the molecule is CCC1(COCCCCOc2ccc(C(=O)Oc3ccc4cc(OCCOC(C)=O)ccc4c3)cc2)COC1. The highest BCUT2D eigenvalue weighted by Crippen LogP contribution is 2.31. The molecule has 1 aliphatic heterocycles. The van der Waals surface area contributed by atoms with E-state index in [1.54, 1.807) is 36.4 Å². The van der Waals surface area contributed by atoms with Gasteiger partial charge in [-0.1, -0.05) is 19.1 Å². The van der Waals surface area contributed by atoms with Gasteiger partial charge < -0.3 is 28.4 Å². The van der Waals surface area contributed by atoms with Crippen LogP contribution in [0.3, 0.4) is 0 Å². The molecular formula is C31H36O8. The second kappa shape index (κ2) is 14.0. The maximum absolute atomic E-state index is 12.6. The number of benzene rings is 3. The Kier molecular flexibility index (Phi) is 10.2. The summed E-state index contributed by atoms with van der Waals surface area (Å²) in [5.41, 5.74) is 0.666. The largest absolute Gasteiger partial charge is 0.494 e. The molecule has 3 aromatic rings. The Balaban J connectivity index is 1.18. The van der Waals surface area contributed by atoms with E-state index in [-0.39, 0.29) is 24.6 Å². The van der Waals surface area contributed by atoms with Crippen LogP contribution in [-0.2, 0) is 19.0 Å². The maximum atomic E-state index is 12.6. The van der Waals surface area contributed by atoms with Gasteiger partial charge in [0.1, 0.15) is 30.5 Å². The van der Waals surface area contributed by atoms with E-state index in [4.69, 9.17) is 28.4 Å². The average molecular weight is 537 g/mol. The van der Waals surface area contributed by atoms with Gasteiger partial charge in [0.15, 0.2) is 0 Å². The monoisotopic (exact) mass is 536 g/mol. The third-order valence-electron chi connectivity index (χ3n) is 6.67. The third kappa shape index (κ3) is 8.43. The molecule has 208 valence electrons. The lowest BCUT2D eigenvalue weighted by molar-refractivity contribution is -0.150. The molecule has 0 aromatic heterocycles. The smallest absolute Gasteiger partial charge is 0.343 e. The minimum atomic E-state index is -0.440. The molecule has 0 amide bonds. The summed E-state index contributed by atoms with van der Waals surface area (Å²) in [6.45, 7) is 7.68. The first-order valence-corrected chi connectivity index (χ1v) is 13.4. The molecule has 0 radical (unpaired) electrons. The zero-order valence-corrected chi connectivity index (χ0v) is 22.6. The summed E-state index contributed by atoms with van der Waals surface area (Å²) < 4.78 is 33.0. The van der Waals surface area contributed by atoms with Crippen LogP contribution in [0.5, 0.6) is 17.2 Å². The summed E-state index contributed by atoms with van der Waals surface area (Å²) in [6.07, 6.45) is 2.91. The van der Waals surface area contributed by atoms with Crippen LogP contribution >= 0.6 is 0 Å². The molecule has 0 aliphatic carbocycles. The van der Waals surface area contributed by atoms with Crippen molar-refractivity contribution >= 4 is 22.7 Å². The number of rotatable bonds is 15. The molecule has 4 rings (SSSR count).